The zero-order chi connectivity index (χ0) is 10.6. The van der Waals surface area contributed by atoms with E-state index in [2.05, 4.69) is 0 Å². The highest BCUT2D eigenvalue weighted by Crippen LogP contribution is 2.35. The Bertz CT molecular complexity index is 229. The lowest BCUT2D eigenvalue weighted by Gasteiger charge is -2.47. The van der Waals surface area contributed by atoms with Crippen molar-refractivity contribution in [1.29, 1.82) is 0 Å². The minimum Gasteiger partial charge on any atom is -0.451 e. The predicted octanol–water partition coefficient (Wildman–Crippen LogP) is 2.06. The summed E-state index contributed by atoms with van der Waals surface area (Å²) in [6.07, 6.45) is 4.90. The third-order valence-electron chi connectivity index (χ3n) is 2.69. The van der Waals surface area contributed by atoms with Crippen LogP contribution in [-0.4, -0.2) is 24.3 Å². The molecule has 1 saturated heterocycles. The molecule has 1 heterocycles. The van der Waals surface area contributed by atoms with E-state index in [9.17, 15) is 4.79 Å². The Hall–Kier alpha value is -0.830. The van der Waals surface area contributed by atoms with Gasteiger partial charge in [0.05, 0.1) is 12.7 Å². The minimum absolute atomic E-state index is 0.0710. The van der Waals surface area contributed by atoms with Crippen LogP contribution in [-0.2, 0) is 14.3 Å². The number of ether oxygens (including phenoxy) is 2. The van der Waals surface area contributed by atoms with Crippen molar-refractivity contribution in [1.82, 2.24) is 0 Å². The summed E-state index contributed by atoms with van der Waals surface area (Å²) in [6, 6.07) is 0. The van der Waals surface area contributed by atoms with Crippen molar-refractivity contribution in [2.24, 2.45) is 0 Å². The van der Waals surface area contributed by atoms with Crippen LogP contribution in [0.4, 0.5) is 0 Å². The van der Waals surface area contributed by atoms with Gasteiger partial charge in [-0.25, -0.2) is 4.79 Å². The first-order valence-corrected chi connectivity index (χ1v) is 5.15. The molecule has 3 heteroatoms. The zero-order valence-corrected chi connectivity index (χ0v) is 9.08. The van der Waals surface area contributed by atoms with Crippen LogP contribution in [0.1, 0.15) is 33.6 Å². The maximum atomic E-state index is 11.3. The summed E-state index contributed by atoms with van der Waals surface area (Å²) >= 11 is 0. The van der Waals surface area contributed by atoms with Crippen molar-refractivity contribution < 1.29 is 14.3 Å². The fourth-order valence-electron chi connectivity index (χ4n) is 1.74. The second-order valence-corrected chi connectivity index (χ2v) is 3.55. The number of carbonyl (C=O) groups is 1. The quantitative estimate of drug-likeness (QED) is 0.512. The maximum absolute atomic E-state index is 11.3. The Morgan fingerprint density at radius 2 is 2.36 bits per heavy atom. The van der Waals surface area contributed by atoms with E-state index < -0.39 is 0 Å². The SMILES string of the molecule is CC=CC(=O)OC1(CC)COC1CC. The summed E-state index contributed by atoms with van der Waals surface area (Å²) in [4.78, 5) is 11.3. The normalized spacial score (nSPS) is 31.5. The average Bonchev–Trinajstić information content (AvgIpc) is 2.13. The van der Waals surface area contributed by atoms with Crippen LogP contribution in [0.5, 0.6) is 0 Å². The van der Waals surface area contributed by atoms with Crippen molar-refractivity contribution in [3.8, 4) is 0 Å². The van der Waals surface area contributed by atoms with E-state index >= 15 is 0 Å². The second kappa shape index (κ2) is 4.60. The second-order valence-electron chi connectivity index (χ2n) is 3.55. The van der Waals surface area contributed by atoms with E-state index in [1.165, 1.54) is 6.08 Å². The molecule has 1 rings (SSSR count). The third kappa shape index (κ3) is 1.98. The van der Waals surface area contributed by atoms with Gasteiger partial charge in [0, 0.05) is 6.08 Å². The van der Waals surface area contributed by atoms with E-state index in [0.29, 0.717) is 6.61 Å². The fourth-order valence-corrected chi connectivity index (χ4v) is 1.74. The minimum atomic E-state index is -0.370. The number of carbonyl (C=O) groups excluding carboxylic acids is 1. The lowest BCUT2D eigenvalue weighted by atomic mass is 9.87. The Balaban J connectivity index is 2.58. The smallest absolute Gasteiger partial charge is 0.331 e. The highest BCUT2D eigenvalue weighted by molar-refractivity contribution is 5.82. The Morgan fingerprint density at radius 3 is 2.71 bits per heavy atom. The van der Waals surface area contributed by atoms with Crippen LogP contribution in [0.2, 0.25) is 0 Å². The summed E-state index contributed by atoms with van der Waals surface area (Å²) in [7, 11) is 0. The van der Waals surface area contributed by atoms with Crippen molar-refractivity contribution in [3.05, 3.63) is 12.2 Å². The van der Waals surface area contributed by atoms with Crippen LogP contribution in [0, 0.1) is 0 Å². The van der Waals surface area contributed by atoms with Crippen molar-refractivity contribution >= 4 is 5.97 Å². The summed E-state index contributed by atoms with van der Waals surface area (Å²) in [6.45, 7) is 6.39. The summed E-state index contributed by atoms with van der Waals surface area (Å²) in [5.74, 6) is -0.267. The van der Waals surface area contributed by atoms with E-state index in [1.54, 1.807) is 13.0 Å². The molecule has 80 valence electrons. The molecule has 1 aliphatic heterocycles. The molecule has 1 fully saturated rings. The van der Waals surface area contributed by atoms with Gasteiger partial charge in [-0.2, -0.15) is 0 Å². The molecule has 2 atom stereocenters. The van der Waals surface area contributed by atoms with Crippen LogP contribution >= 0.6 is 0 Å². The maximum Gasteiger partial charge on any atom is 0.331 e. The van der Waals surface area contributed by atoms with Crippen LogP contribution in [0.3, 0.4) is 0 Å². The Kier molecular flexibility index (Phi) is 3.69. The van der Waals surface area contributed by atoms with Gasteiger partial charge in [0.2, 0.25) is 0 Å². The van der Waals surface area contributed by atoms with Gasteiger partial charge >= 0.3 is 5.97 Å². The molecule has 0 bridgehead atoms. The highest BCUT2D eigenvalue weighted by atomic mass is 16.6. The first kappa shape index (κ1) is 11.2. The largest absolute Gasteiger partial charge is 0.451 e. The lowest BCUT2D eigenvalue weighted by Crippen LogP contribution is -2.60. The summed E-state index contributed by atoms with van der Waals surface area (Å²) < 4.78 is 10.8. The number of hydrogen-bond acceptors (Lipinski definition) is 3. The molecule has 3 nitrogen and oxygen atoms in total. The number of rotatable bonds is 4. The van der Waals surface area contributed by atoms with Crippen LogP contribution in [0.25, 0.3) is 0 Å². The molecule has 0 aromatic rings. The van der Waals surface area contributed by atoms with Crippen LogP contribution in [0.15, 0.2) is 12.2 Å². The van der Waals surface area contributed by atoms with E-state index in [1.807, 2.05) is 13.8 Å². The first-order valence-electron chi connectivity index (χ1n) is 5.15. The molecule has 14 heavy (non-hydrogen) atoms. The summed E-state index contributed by atoms with van der Waals surface area (Å²) in [5, 5.41) is 0. The summed E-state index contributed by atoms with van der Waals surface area (Å²) in [5.41, 5.74) is -0.370. The van der Waals surface area contributed by atoms with Gasteiger partial charge < -0.3 is 9.47 Å². The molecule has 0 aliphatic carbocycles. The molecular weight excluding hydrogens is 180 g/mol. The van der Waals surface area contributed by atoms with Gasteiger partial charge in [0.25, 0.3) is 0 Å². The van der Waals surface area contributed by atoms with Crippen molar-refractivity contribution in [3.63, 3.8) is 0 Å². The van der Waals surface area contributed by atoms with Gasteiger partial charge in [-0.15, -0.1) is 0 Å². The molecule has 2 unspecified atom stereocenters. The lowest BCUT2D eigenvalue weighted by molar-refractivity contribution is -0.252. The van der Waals surface area contributed by atoms with Gasteiger partial charge in [-0.3, -0.25) is 0 Å². The molecular formula is C11H18O3. The molecule has 0 spiro atoms. The zero-order valence-electron chi connectivity index (χ0n) is 9.08. The average molecular weight is 198 g/mol. The molecule has 0 amide bonds. The molecule has 0 aromatic heterocycles. The number of esters is 1. The Morgan fingerprint density at radius 1 is 1.64 bits per heavy atom. The molecule has 0 aromatic carbocycles. The molecule has 0 N–H and O–H groups in total. The van der Waals surface area contributed by atoms with Crippen molar-refractivity contribution in [2.45, 2.75) is 45.3 Å². The van der Waals surface area contributed by atoms with Gasteiger partial charge in [-0.1, -0.05) is 19.9 Å². The van der Waals surface area contributed by atoms with Crippen LogP contribution < -0.4 is 0 Å². The molecule has 0 radical (unpaired) electrons. The van der Waals surface area contributed by atoms with E-state index in [0.717, 1.165) is 12.8 Å². The topological polar surface area (TPSA) is 35.5 Å². The molecule has 0 saturated carbocycles. The third-order valence-corrected chi connectivity index (χ3v) is 2.69. The predicted molar refractivity (Wildman–Crippen MR) is 54.0 cm³/mol. The van der Waals surface area contributed by atoms with Gasteiger partial charge in [0.1, 0.15) is 0 Å². The number of allylic oxidation sites excluding steroid dienone is 1. The highest BCUT2D eigenvalue weighted by Gasteiger charge is 2.49. The monoisotopic (exact) mass is 198 g/mol. The molecule has 1 aliphatic rings. The Labute approximate surface area is 85.1 Å². The van der Waals surface area contributed by atoms with Gasteiger partial charge in [-0.05, 0) is 19.8 Å². The first-order chi connectivity index (χ1) is 6.68. The van der Waals surface area contributed by atoms with E-state index in [4.69, 9.17) is 9.47 Å². The van der Waals surface area contributed by atoms with Crippen molar-refractivity contribution in [2.75, 3.05) is 6.61 Å². The van der Waals surface area contributed by atoms with Gasteiger partial charge in [0.15, 0.2) is 5.60 Å². The van der Waals surface area contributed by atoms with E-state index in [-0.39, 0.29) is 17.7 Å². The number of hydrogen-bond donors (Lipinski definition) is 0. The fraction of sp³-hybridized carbons (Fsp3) is 0.727. The standard InChI is InChI=1S/C11H18O3/c1-4-7-10(12)14-11(6-3)8-13-9(11)5-2/h4,7,9H,5-6,8H2,1-3H3.